The van der Waals surface area contributed by atoms with Crippen molar-refractivity contribution in [2.45, 2.75) is 20.4 Å². The van der Waals surface area contributed by atoms with Crippen LogP contribution in [-0.2, 0) is 11.3 Å². The number of carbonyl (C=O) groups is 1. The smallest absolute Gasteiger partial charge is 0.307 e. The highest BCUT2D eigenvalue weighted by molar-refractivity contribution is 5.69. The van der Waals surface area contributed by atoms with E-state index in [9.17, 15) is 4.79 Å². The number of ether oxygens (including phenoxy) is 2. The molecule has 5 heteroatoms. The molecule has 0 aliphatic heterocycles. The zero-order chi connectivity index (χ0) is 15.1. The second-order valence-corrected chi connectivity index (χ2v) is 4.72. The van der Waals surface area contributed by atoms with Gasteiger partial charge in [-0.1, -0.05) is 26.0 Å². The SMILES string of the molecule is CCN(Cc1cccc(OC)c1OC)CC(C)C(=O)O. The molecule has 1 atom stereocenters. The lowest BCUT2D eigenvalue weighted by Gasteiger charge is -2.24. The van der Waals surface area contributed by atoms with E-state index in [2.05, 4.69) is 4.90 Å². The van der Waals surface area contributed by atoms with Gasteiger partial charge in [-0.3, -0.25) is 9.69 Å². The lowest BCUT2D eigenvalue weighted by Crippen LogP contribution is -2.31. The Bertz CT molecular complexity index is 447. The Balaban J connectivity index is 2.87. The number of rotatable bonds is 8. The van der Waals surface area contributed by atoms with E-state index in [0.717, 1.165) is 12.1 Å². The van der Waals surface area contributed by atoms with Gasteiger partial charge in [0, 0.05) is 18.7 Å². The first-order valence-electron chi connectivity index (χ1n) is 6.68. The van der Waals surface area contributed by atoms with Crippen LogP contribution in [-0.4, -0.2) is 43.3 Å². The molecule has 1 aromatic carbocycles. The van der Waals surface area contributed by atoms with E-state index in [-0.39, 0.29) is 0 Å². The van der Waals surface area contributed by atoms with E-state index in [1.165, 1.54) is 0 Å². The third-order valence-electron chi connectivity index (χ3n) is 3.28. The average molecular weight is 281 g/mol. The maximum Gasteiger partial charge on any atom is 0.307 e. The summed E-state index contributed by atoms with van der Waals surface area (Å²) in [4.78, 5) is 13.0. The molecular weight excluding hydrogens is 258 g/mol. The van der Waals surface area contributed by atoms with Crippen molar-refractivity contribution >= 4 is 5.97 Å². The highest BCUT2D eigenvalue weighted by Crippen LogP contribution is 2.31. The van der Waals surface area contributed by atoms with Crippen molar-refractivity contribution in [2.75, 3.05) is 27.3 Å². The predicted octanol–water partition coefficient (Wildman–Crippen LogP) is 2.25. The topological polar surface area (TPSA) is 59.0 Å². The molecule has 5 nitrogen and oxygen atoms in total. The molecule has 0 aliphatic carbocycles. The molecule has 1 N–H and O–H groups in total. The minimum absolute atomic E-state index is 0.397. The van der Waals surface area contributed by atoms with Crippen LogP contribution in [0.4, 0.5) is 0 Å². The van der Waals surface area contributed by atoms with Crippen LogP contribution in [0.15, 0.2) is 18.2 Å². The van der Waals surface area contributed by atoms with Crippen molar-refractivity contribution in [3.8, 4) is 11.5 Å². The van der Waals surface area contributed by atoms with Crippen molar-refractivity contribution < 1.29 is 19.4 Å². The van der Waals surface area contributed by atoms with Gasteiger partial charge in [-0.15, -0.1) is 0 Å². The van der Waals surface area contributed by atoms with Crippen molar-refractivity contribution in [3.63, 3.8) is 0 Å². The van der Waals surface area contributed by atoms with Crippen LogP contribution in [0.1, 0.15) is 19.4 Å². The van der Waals surface area contributed by atoms with Gasteiger partial charge in [0.2, 0.25) is 0 Å². The van der Waals surface area contributed by atoms with Gasteiger partial charge in [-0.2, -0.15) is 0 Å². The first-order chi connectivity index (χ1) is 9.53. The highest BCUT2D eigenvalue weighted by atomic mass is 16.5. The van der Waals surface area contributed by atoms with Gasteiger partial charge in [-0.25, -0.2) is 0 Å². The number of aliphatic carboxylic acids is 1. The van der Waals surface area contributed by atoms with Gasteiger partial charge in [0.15, 0.2) is 11.5 Å². The molecule has 1 rings (SSSR count). The Hall–Kier alpha value is -1.75. The molecule has 0 amide bonds. The van der Waals surface area contributed by atoms with Crippen molar-refractivity contribution in [1.82, 2.24) is 4.90 Å². The summed E-state index contributed by atoms with van der Waals surface area (Å²) in [6, 6.07) is 5.72. The zero-order valence-electron chi connectivity index (χ0n) is 12.5. The molecule has 0 aliphatic rings. The van der Waals surface area contributed by atoms with Crippen LogP contribution in [0.3, 0.4) is 0 Å². The molecule has 0 saturated heterocycles. The Morgan fingerprint density at radius 3 is 2.55 bits per heavy atom. The van der Waals surface area contributed by atoms with E-state index in [4.69, 9.17) is 14.6 Å². The van der Waals surface area contributed by atoms with Gasteiger partial charge in [-0.05, 0) is 12.6 Å². The fourth-order valence-corrected chi connectivity index (χ4v) is 2.09. The number of carboxylic acids is 1. The maximum atomic E-state index is 11.0. The first-order valence-corrected chi connectivity index (χ1v) is 6.68. The summed E-state index contributed by atoms with van der Waals surface area (Å²) in [5.41, 5.74) is 0.992. The lowest BCUT2D eigenvalue weighted by atomic mass is 10.1. The quantitative estimate of drug-likeness (QED) is 0.792. The third-order valence-corrected chi connectivity index (χ3v) is 3.28. The van der Waals surface area contributed by atoms with Crippen LogP contribution in [0.25, 0.3) is 0 Å². The number of hydrogen-bond donors (Lipinski definition) is 1. The van der Waals surface area contributed by atoms with E-state index in [0.29, 0.717) is 24.6 Å². The van der Waals surface area contributed by atoms with E-state index >= 15 is 0 Å². The summed E-state index contributed by atoms with van der Waals surface area (Å²) in [5, 5.41) is 9.00. The highest BCUT2D eigenvalue weighted by Gasteiger charge is 2.17. The number of methoxy groups -OCH3 is 2. The van der Waals surface area contributed by atoms with E-state index < -0.39 is 11.9 Å². The third kappa shape index (κ3) is 4.13. The molecule has 0 spiro atoms. The Morgan fingerprint density at radius 1 is 1.35 bits per heavy atom. The van der Waals surface area contributed by atoms with Crippen molar-refractivity contribution in [3.05, 3.63) is 23.8 Å². The minimum Gasteiger partial charge on any atom is -0.493 e. The second kappa shape index (κ2) is 7.75. The zero-order valence-corrected chi connectivity index (χ0v) is 12.5. The fourth-order valence-electron chi connectivity index (χ4n) is 2.09. The Labute approximate surface area is 120 Å². The Kier molecular flexibility index (Phi) is 6.31. The van der Waals surface area contributed by atoms with Gasteiger partial charge in [0.1, 0.15) is 0 Å². The standard InChI is InChI=1S/C15H23NO4/c1-5-16(9-11(2)15(17)18)10-12-7-6-8-13(19-3)14(12)20-4/h6-8,11H,5,9-10H2,1-4H3,(H,17,18). The molecule has 1 aromatic rings. The molecule has 0 fully saturated rings. The molecule has 1 unspecified atom stereocenters. The summed E-state index contributed by atoms with van der Waals surface area (Å²) < 4.78 is 10.7. The average Bonchev–Trinajstić information content (AvgIpc) is 2.45. The normalized spacial score (nSPS) is 12.2. The van der Waals surface area contributed by atoms with Crippen molar-refractivity contribution in [1.29, 1.82) is 0 Å². The molecule has 20 heavy (non-hydrogen) atoms. The summed E-state index contributed by atoms with van der Waals surface area (Å²) in [6.45, 7) is 5.65. The molecule has 112 valence electrons. The minimum atomic E-state index is -0.777. The number of hydrogen-bond acceptors (Lipinski definition) is 4. The summed E-state index contributed by atoms with van der Waals surface area (Å²) >= 11 is 0. The van der Waals surface area contributed by atoms with Crippen LogP contribution < -0.4 is 9.47 Å². The van der Waals surface area contributed by atoms with E-state index in [1.807, 2.05) is 25.1 Å². The number of para-hydroxylation sites is 1. The summed E-state index contributed by atoms with van der Waals surface area (Å²) in [7, 11) is 3.21. The molecule has 0 saturated carbocycles. The van der Waals surface area contributed by atoms with Crippen LogP contribution in [0, 0.1) is 5.92 Å². The molecule has 0 heterocycles. The summed E-state index contributed by atoms with van der Waals surface area (Å²) in [6.07, 6.45) is 0. The van der Waals surface area contributed by atoms with Crippen molar-refractivity contribution in [2.24, 2.45) is 5.92 Å². The Morgan fingerprint density at radius 2 is 2.05 bits per heavy atom. The van der Waals surface area contributed by atoms with E-state index in [1.54, 1.807) is 21.1 Å². The van der Waals surface area contributed by atoms with Gasteiger partial charge in [0.25, 0.3) is 0 Å². The van der Waals surface area contributed by atoms with Gasteiger partial charge in [0.05, 0.1) is 20.1 Å². The molecule has 0 bridgehead atoms. The maximum absolute atomic E-state index is 11.0. The van der Waals surface area contributed by atoms with Crippen LogP contribution >= 0.6 is 0 Å². The van der Waals surface area contributed by atoms with Gasteiger partial charge >= 0.3 is 5.97 Å². The van der Waals surface area contributed by atoms with Gasteiger partial charge < -0.3 is 14.6 Å². The lowest BCUT2D eigenvalue weighted by molar-refractivity contribution is -0.141. The number of nitrogens with zero attached hydrogens (tertiary/aromatic N) is 1. The van der Waals surface area contributed by atoms with Crippen LogP contribution in [0.2, 0.25) is 0 Å². The monoisotopic (exact) mass is 281 g/mol. The van der Waals surface area contributed by atoms with Crippen LogP contribution in [0.5, 0.6) is 11.5 Å². The second-order valence-electron chi connectivity index (χ2n) is 4.72. The number of benzene rings is 1. The molecular formula is C15H23NO4. The summed E-state index contributed by atoms with van der Waals surface area (Å²) in [5.74, 6) is 0.219. The largest absolute Gasteiger partial charge is 0.493 e. The fraction of sp³-hybridized carbons (Fsp3) is 0.533. The number of carboxylic acid groups (broad SMARTS) is 1. The first kappa shape index (κ1) is 16.3. The molecule has 0 aromatic heterocycles. The molecule has 0 radical (unpaired) electrons. The predicted molar refractivity (Wildman–Crippen MR) is 77.3 cm³/mol.